The lowest BCUT2D eigenvalue weighted by Crippen LogP contribution is -2.30. The van der Waals surface area contributed by atoms with E-state index in [4.69, 9.17) is 15.6 Å². The molecular formula is C12H12FNO4. The van der Waals surface area contributed by atoms with Crippen LogP contribution < -0.4 is 10.5 Å². The summed E-state index contributed by atoms with van der Waals surface area (Å²) in [7, 11) is 0. The Morgan fingerprint density at radius 3 is 2.72 bits per heavy atom. The zero-order valence-corrected chi connectivity index (χ0v) is 9.59. The number of nitrogens with two attached hydrogens (primary N) is 1. The summed E-state index contributed by atoms with van der Waals surface area (Å²) in [5.41, 5.74) is 5.25. The fourth-order valence-corrected chi connectivity index (χ4v) is 1.17. The van der Waals surface area contributed by atoms with Gasteiger partial charge in [0.05, 0.1) is 0 Å². The molecule has 6 heteroatoms. The number of carbonyl (C=O) groups is 2. The first-order chi connectivity index (χ1) is 8.40. The van der Waals surface area contributed by atoms with Crippen molar-refractivity contribution in [1.82, 2.24) is 0 Å². The van der Waals surface area contributed by atoms with Crippen LogP contribution in [0.3, 0.4) is 0 Å². The number of aliphatic carboxylic acids is 1. The predicted octanol–water partition coefficient (Wildman–Crippen LogP) is 1.18. The number of amides is 1. The second kappa shape index (κ2) is 5.81. The van der Waals surface area contributed by atoms with Crippen molar-refractivity contribution in [1.29, 1.82) is 0 Å². The van der Waals surface area contributed by atoms with Gasteiger partial charge in [-0.25, -0.2) is 9.18 Å². The van der Waals surface area contributed by atoms with Gasteiger partial charge < -0.3 is 15.6 Å². The average Bonchev–Trinajstić information content (AvgIpc) is 2.29. The summed E-state index contributed by atoms with van der Waals surface area (Å²) in [4.78, 5) is 21.3. The molecule has 0 aromatic heterocycles. The van der Waals surface area contributed by atoms with Crippen molar-refractivity contribution in [3.63, 3.8) is 0 Å². The van der Waals surface area contributed by atoms with Crippen LogP contribution in [-0.2, 0) is 9.59 Å². The Hall–Kier alpha value is -2.37. The highest BCUT2D eigenvalue weighted by Gasteiger charge is 2.12. The fraction of sp³-hybridized carbons (Fsp3) is 0.167. The smallest absolute Gasteiger partial charge is 0.328 e. The van der Waals surface area contributed by atoms with Gasteiger partial charge in [-0.05, 0) is 31.2 Å². The van der Waals surface area contributed by atoms with Crippen molar-refractivity contribution >= 4 is 18.0 Å². The second-order valence-corrected chi connectivity index (χ2v) is 3.52. The molecule has 5 nitrogen and oxygen atoms in total. The van der Waals surface area contributed by atoms with Crippen LogP contribution in [0, 0.1) is 5.82 Å². The van der Waals surface area contributed by atoms with E-state index in [1.807, 2.05) is 0 Å². The predicted molar refractivity (Wildman–Crippen MR) is 62.4 cm³/mol. The third kappa shape index (κ3) is 3.89. The van der Waals surface area contributed by atoms with Gasteiger partial charge in [-0.3, -0.25) is 4.79 Å². The monoisotopic (exact) mass is 253 g/mol. The van der Waals surface area contributed by atoms with Gasteiger partial charge in [-0.2, -0.15) is 0 Å². The van der Waals surface area contributed by atoms with Crippen LogP contribution in [0.15, 0.2) is 24.3 Å². The molecule has 1 atom stereocenters. The lowest BCUT2D eigenvalue weighted by molar-refractivity contribution is -0.131. The third-order valence-corrected chi connectivity index (χ3v) is 2.08. The summed E-state index contributed by atoms with van der Waals surface area (Å²) < 4.78 is 18.2. The standard InChI is InChI=1S/C12H12FNO4/c1-7(12(14)17)18-10-4-3-9(13)6-8(10)2-5-11(15)16/h2-7H,1H3,(H2,14,17)(H,15,16)/b5-2+. The molecule has 1 rings (SSSR count). The highest BCUT2D eigenvalue weighted by Crippen LogP contribution is 2.22. The molecule has 18 heavy (non-hydrogen) atoms. The number of carbonyl (C=O) groups excluding carboxylic acids is 1. The molecule has 0 saturated heterocycles. The Morgan fingerprint density at radius 2 is 2.17 bits per heavy atom. The van der Waals surface area contributed by atoms with Crippen molar-refractivity contribution < 1.29 is 23.8 Å². The zero-order valence-electron chi connectivity index (χ0n) is 9.59. The normalized spacial score (nSPS) is 12.3. The van der Waals surface area contributed by atoms with Crippen LogP contribution in [-0.4, -0.2) is 23.1 Å². The van der Waals surface area contributed by atoms with Crippen LogP contribution in [0.1, 0.15) is 12.5 Å². The molecule has 0 fully saturated rings. The lowest BCUT2D eigenvalue weighted by Gasteiger charge is -2.13. The molecule has 0 spiro atoms. The Labute approximate surface area is 103 Å². The van der Waals surface area contributed by atoms with E-state index in [-0.39, 0.29) is 11.3 Å². The van der Waals surface area contributed by atoms with Gasteiger partial charge in [0.1, 0.15) is 11.6 Å². The number of benzene rings is 1. The summed E-state index contributed by atoms with van der Waals surface area (Å²) >= 11 is 0. The van der Waals surface area contributed by atoms with Crippen LogP contribution in [0.4, 0.5) is 4.39 Å². The molecule has 1 aromatic rings. The molecule has 0 aliphatic rings. The number of hydrogen-bond donors (Lipinski definition) is 2. The summed E-state index contributed by atoms with van der Waals surface area (Å²) in [6, 6.07) is 3.54. The third-order valence-electron chi connectivity index (χ3n) is 2.08. The molecule has 1 amide bonds. The number of rotatable bonds is 5. The van der Waals surface area contributed by atoms with Crippen LogP contribution in [0.5, 0.6) is 5.75 Å². The summed E-state index contributed by atoms with van der Waals surface area (Å²) in [5, 5.41) is 8.51. The number of hydrogen-bond acceptors (Lipinski definition) is 3. The molecule has 3 N–H and O–H groups in total. The van der Waals surface area contributed by atoms with E-state index in [9.17, 15) is 14.0 Å². The lowest BCUT2D eigenvalue weighted by atomic mass is 10.1. The van der Waals surface area contributed by atoms with Crippen molar-refractivity contribution in [2.75, 3.05) is 0 Å². The molecule has 0 radical (unpaired) electrons. The van der Waals surface area contributed by atoms with Crippen molar-refractivity contribution in [2.45, 2.75) is 13.0 Å². The van der Waals surface area contributed by atoms with Crippen molar-refractivity contribution in [2.24, 2.45) is 5.73 Å². The van der Waals surface area contributed by atoms with Crippen molar-refractivity contribution in [3.05, 3.63) is 35.7 Å². The van der Waals surface area contributed by atoms with Gasteiger partial charge in [-0.1, -0.05) is 0 Å². The highest BCUT2D eigenvalue weighted by atomic mass is 19.1. The van der Waals surface area contributed by atoms with Crippen LogP contribution >= 0.6 is 0 Å². The second-order valence-electron chi connectivity index (χ2n) is 3.52. The maximum absolute atomic E-state index is 13.0. The molecule has 0 bridgehead atoms. The topological polar surface area (TPSA) is 89.6 Å². The van der Waals surface area contributed by atoms with Crippen LogP contribution in [0.25, 0.3) is 6.08 Å². The Balaban J connectivity index is 3.03. The van der Waals surface area contributed by atoms with Crippen molar-refractivity contribution in [3.8, 4) is 5.75 Å². The largest absolute Gasteiger partial charge is 0.480 e. The molecule has 96 valence electrons. The number of halogens is 1. The van der Waals surface area contributed by atoms with E-state index < -0.39 is 23.8 Å². The fourth-order valence-electron chi connectivity index (χ4n) is 1.17. The van der Waals surface area contributed by atoms with Gasteiger partial charge in [-0.15, -0.1) is 0 Å². The van der Waals surface area contributed by atoms with E-state index in [2.05, 4.69) is 0 Å². The quantitative estimate of drug-likeness (QED) is 0.771. The SMILES string of the molecule is CC(Oc1ccc(F)cc1/C=C/C(=O)O)C(N)=O. The van der Waals surface area contributed by atoms with E-state index in [1.54, 1.807) is 0 Å². The molecule has 0 aliphatic carbocycles. The first kappa shape index (κ1) is 13.7. The number of carboxylic acid groups (broad SMARTS) is 1. The average molecular weight is 253 g/mol. The van der Waals surface area contributed by atoms with E-state index in [0.29, 0.717) is 0 Å². The molecule has 1 unspecified atom stereocenters. The van der Waals surface area contributed by atoms with Gasteiger partial charge in [0.15, 0.2) is 6.10 Å². The number of ether oxygens (including phenoxy) is 1. The van der Waals surface area contributed by atoms with Gasteiger partial charge in [0, 0.05) is 11.6 Å². The van der Waals surface area contributed by atoms with Gasteiger partial charge in [0.2, 0.25) is 0 Å². The molecule has 0 aliphatic heterocycles. The summed E-state index contributed by atoms with van der Waals surface area (Å²) in [5.74, 6) is -2.21. The Morgan fingerprint density at radius 1 is 1.50 bits per heavy atom. The minimum Gasteiger partial charge on any atom is -0.480 e. The van der Waals surface area contributed by atoms with Crippen LogP contribution in [0.2, 0.25) is 0 Å². The first-order valence-electron chi connectivity index (χ1n) is 5.06. The minimum atomic E-state index is -1.17. The summed E-state index contributed by atoms with van der Waals surface area (Å²) in [6.45, 7) is 1.44. The first-order valence-corrected chi connectivity index (χ1v) is 5.06. The Bertz CT molecular complexity index is 499. The maximum atomic E-state index is 13.0. The Kier molecular flexibility index (Phi) is 4.42. The van der Waals surface area contributed by atoms with Gasteiger partial charge >= 0.3 is 5.97 Å². The van der Waals surface area contributed by atoms with Gasteiger partial charge in [0.25, 0.3) is 5.91 Å². The number of carboxylic acids is 1. The molecular weight excluding hydrogens is 241 g/mol. The minimum absolute atomic E-state index is 0.181. The summed E-state index contributed by atoms with van der Waals surface area (Å²) in [6.07, 6.45) is 1.12. The van der Waals surface area contributed by atoms with E-state index >= 15 is 0 Å². The molecule has 0 saturated carbocycles. The van der Waals surface area contributed by atoms with E-state index in [1.165, 1.54) is 19.1 Å². The zero-order chi connectivity index (χ0) is 13.7. The number of primary amides is 1. The highest BCUT2D eigenvalue weighted by molar-refractivity contribution is 5.86. The maximum Gasteiger partial charge on any atom is 0.328 e. The molecule has 1 aromatic carbocycles. The van der Waals surface area contributed by atoms with E-state index in [0.717, 1.165) is 18.2 Å². The molecule has 0 heterocycles.